The van der Waals surface area contributed by atoms with Gasteiger partial charge >= 0.3 is 5.97 Å². The fraction of sp³-hybridized carbons (Fsp3) is 0.182. The summed E-state index contributed by atoms with van der Waals surface area (Å²) in [5.41, 5.74) is 0.487. The van der Waals surface area contributed by atoms with Gasteiger partial charge in [-0.15, -0.1) is 0 Å². The Balaban J connectivity index is 2.75. The molecule has 0 fully saturated rings. The molecule has 0 aromatic heterocycles. The number of benzene rings is 1. The first-order chi connectivity index (χ1) is 6.74. The summed E-state index contributed by atoms with van der Waals surface area (Å²) < 4.78 is 4.62. The summed E-state index contributed by atoms with van der Waals surface area (Å²) in [7, 11) is 0. The van der Waals surface area contributed by atoms with E-state index in [1.807, 2.05) is 0 Å². The largest absolute Gasteiger partial charge is 0.872 e. The quantitative estimate of drug-likeness (QED) is 0.406. The molecule has 3 heteroatoms. The first-order valence-corrected chi connectivity index (χ1v) is 4.35. The van der Waals surface area contributed by atoms with Crippen LogP contribution in [0.15, 0.2) is 36.4 Å². The second kappa shape index (κ2) is 5.07. The molecule has 0 heterocycles. The van der Waals surface area contributed by atoms with Crippen LogP contribution in [0, 0.1) is 0 Å². The molecule has 0 saturated carbocycles. The molecule has 0 bridgehead atoms. The highest BCUT2D eigenvalue weighted by Crippen LogP contribution is 2.06. The van der Waals surface area contributed by atoms with E-state index in [0.29, 0.717) is 5.56 Å². The van der Waals surface area contributed by atoms with Gasteiger partial charge in [0, 0.05) is 6.08 Å². The van der Waals surface area contributed by atoms with E-state index in [1.54, 1.807) is 37.3 Å². The Hall–Kier alpha value is -1.77. The van der Waals surface area contributed by atoms with Gasteiger partial charge in [-0.05, 0) is 12.5 Å². The van der Waals surface area contributed by atoms with E-state index in [2.05, 4.69) is 4.74 Å². The van der Waals surface area contributed by atoms with Crippen molar-refractivity contribution in [3.8, 4) is 0 Å². The second-order valence-corrected chi connectivity index (χ2v) is 2.63. The minimum atomic E-state index is -0.596. The highest BCUT2D eigenvalue weighted by Gasteiger charge is 1.95. The smallest absolute Gasteiger partial charge is 0.330 e. The van der Waals surface area contributed by atoms with Crippen molar-refractivity contribution < 1.29 is 14.6 Å². The fourth-order valence-electron chi connectivity index (χ4n) is 0.977. The van der Waals surface area contributed by atoms with Gasteiger partial charge in [0.2, 0.25) is 0 Å². The normalized spacial score (nSPS) is 11.1. The molecule has 3 nitrogen and oxygen atoms in total. The molecule has 0 spiro atoms. The molecule has 0 aliphatic heterocycles. The van der Waals surface area contributed by atoms with E-state index in [-0.39, 0.29) is 12.4 Å². The molecular formula is C11H11O3-. The maximum Gasteiger partial charge on any atom is 0.330 e. The number of carbonyl (C=O) groups excluding carboxylic acids is 1. The second-order valence-electron chi connectivity index (χ2n) is 2.63. The van der Waals surface area contributed by atoms with Gasteiger partial charge in [0.05, 0.1) is 6.61 Å². The Morgan fingerprint density at radius 2 is 2.07 bits per heavy atom. The van der Waals surface area contributed by atoms with Crippen LogP contribution >= 0.6 is 0 Å². The summed E-state index contributed by atoms with van der Waals surface area (Å²) in [6.45, 7) is 1.97. The van der Waals surface area contributed by atoms with Gasteiger partial charge < -0.3 is 9.84 Å². The Labute approximate surface area is 82.6 Å². The standard InChI is InChI=1S/C11H12O3/c1-2-14-11(13)8-10(12)9-6-4-3-5-7-9/h3-8,12H,2H2,1H3/p-1/b10-8-. The number of rotatable bonds is 3. The highest BCUT2D eigenvalue weighted by molar-refractivity contribution is 5.88. The summed E-state index contributed by atoms with van der Waals surface area (Å²) in [4.78, 5) is 10.9. The van der Waals surface area contributed by atoms with Crippen LogP contribution in [0.4, 0.5) is 0 Å². The molecule has 1 rings (SSSR count). The Morgan fingerprint density at radius 1 is 1.43 bits per heavy atom. The first-order valence-electron chi connectivity index (χ1n) is 4.35. The molecule has 0 N–H and O–H groups in total. The van der Waals surface area contributed by atoms with Crippen LogP contribution in [-0.4, -0.2) is 12.6 Å². The number of hydrogen-bond acceptors (Lipinski definition) is 3. The third-order valence-corrected chi connectivity index (χ3v) is 1.59. The van der Waals surface area contributed by atoms with Crippen molar-refractivity contribution in [3.63, 3.8) is 0 Å². The molecule has 0 aliphatic carbocycles. The van der Waals surface area contributed by atoms with E-state index in [0.717, 1.165) is 6.08 Å². The van der Waals surface area contributed by atoms with E-state index in [4.69, 9.17) is 0 Å². The van der Waals surface area contributed by atoms with Gasteiger partial charge in [0.15, 0.2) is 0 Å². The van der Waals surface area contributed by atoms with Crippen LogP contribution in [0.2, 0.25) is 0 Å². The highest BCUT2D eigenvalue weighted by atomic mass is 16.5. The maximum absolute atomic E-state index is 11.4. The minimum absolute atomic E-state index is 0.275. The number of ether oxygens (including phenoxy) is 1. The van der Waals surface area contributed by atoms with Crippen molar-refractivity contribution in [2.45, 2.75) is 6.92 Å². The lowest BCUT2D eigenvalue weighted by Crippen LogP contribution is -2.07. The van der Waals surface area contributed by atoms with E-state index >= 15 is 0 Å². The van der Waals surface area contributed by atoms with Crippen LogP contribution in [0.25, 0.3) is 5.76 Å². The lowest BCUT2D eigenvalue weighted by molar-refractivity contribution is -0.244. The third kappa shape index (κ3) is 2.94. The third-order valence-electron chi connectivity index (χ3n) is 1.59. The van der Waals surface area contributed by atoms with Gasteiger partial charge in [0.25, 0.3) is 0 Å². The maximum atomic E-state index is 11.4. The van der Waals surface area contributed by atoms with E-state index < -0.39 is 5.97 Å². The number of hydrogen-bond donors (Lipinski definition) is 0. The monoisotopic (exact) mass is 191 g/mol. The molecule has 0 saturated heterocycles. The van der Waals surface area contributed by atoms with Gasteiger partial charge in [-0.25, -0.2) is 4.79 Å². The molecule has 0 atom stereocenters. The first kappa shape index (κ1) is 10.3. The summed E-state index contributed by atoms with van der Waals surface area (Å²) in [6.07, 6.45) is 0.957. The molecule has 14 heavy (non-hydrogen) atoms. The van der Waals surface area contributed by atoms with E-state index in [9.17, 15) is 9.90 Å². The zero-order valence-electron chi connectivity index (χ0n) is 7.90. The van der Waals surface area contributed by atoms with Crippen molar-refractivity contribution in [2.24, 2.45) is 0 Å². The lowest BCUT2D eigenvalue weighted by Gasteiger charge is -2.10. The molecule has 0 amide bonds. The zero-order valence-corrected chi connectivity index (χ0v) is 7.90. The molecule has 74 valence electrons. The van der Waals surface area contributed by atoms with Gasteiger partial charge in [-0.3, -0.25) is 0 Å². The van der Waals surface area contributed by atoms with Crippen LogP contribution in [-0.2, 0) is 9.53 Å². The fourth-order valence-corrected chi connectivity index (χ4v) is 0.977. The van der Waals surface area contributed by atoms with Crippen molar-refractivity contribution in [1.82, 2.24) is 0 Å². The predicted octanol–water partition coefficient (Wildman–Crippen LogP) is 0.951. The molecular weight excluding hydrogens is 180 g/mol. The van der Waals surface area contributed by atoms with Crippen molar-refractivity contribution in [2.75, 3.05) is 6.61 Å². The Kier molecular flexibility index (Phi) is 3.73. The van der Waals surface area contributed by atoms with Crippen molar-refractivity contribution in [3.05, 3.63) is 42.0 Å². The topological polar surface area (TPSA) is 49.4 Å². The molecule has 0 radical (unpaired) electrons. The SMILES string of the molecule is CCOC(=O)/C=C(\[O-])c1ccccc1. The lowest BCUT2D eigenvalue weighted by atomic mass is 10.2. The van der Waals surface area contributed by atoms with Crippen LogP contribution in [0.3, 0.4) is 0 Å². The average molecular weight is 191 g/mol. The molecule has 0 aliphatic rings. The summed E-state index contributed by atoms with van der Waals surface area (Å²) in [6, 6.07) is 8.59. The van der Waals surface area contributed by atoms with Crippen LogP contribution in [0.5, 0.6) is 0 Å². The Morgan fingerprint density at radius 3 is 2.64 bits per heavy atom. The minimum Gasteiger partial charge on any atom is -0.872 e. The van der Waals surface area contributed by atoms with Crippen molar-refractivity contribution in [1.29, 1.82) is 0 Å². The van der Waals surface area contributed by atoms with Crippen LogP contribution < -0.4 is 5.11 Å². The number of carbonyl (C=O) groups is 1. The number of esters is 1. The zero-order chi connectivity index (χ0) is 10.4. The summed E-state index contributed by atoms with van der Waals surface area (Å²) in [5.74, 6) is -0.926. The van der Waals surface area contributed by atoms with Crippen LogP contribution in [0.1, 0.15) is 12.5 Å². The predicted molar refractivity (Wildman–Crippen MR) is 51.1 cm³/mol. The van der Waals surface area contributed by atoms with Gasteiger partial charge in [-0.2, -0.15) is 0 Å². The van der Waals surface area contributed by atoms with Gasteiger partial charge in [-0.1, -0.05) is 36.1 Å². The molecule has 1 aromatic rings. The summed E-state index contributed by atoms with van der Waals surface area (Å²) >= 11 is 0. The summed E-state index contributed by atoms with van der Waals surface area (Å²) in [5, 5.41) is 11.4. The molecule has 0 unspecified atom stereocenters. The molecule has 1 aromatic carbocycles. The van der Waals surface area contributed by atoms with E-state index in [1.165, 1.54) is 0 Å². The Bertz CT molecular complexity index is 328. The van der Waals surface area contributed by atoms with Gasteiger partial charge in [0.1, 0.15) is 0 Å². The van der Waals surface area contributed by atoms with Crippen molar-refractivity contribution >= 4 is 11.7 Å². The average Bonchev–Trinajstić information content (AvgIpc) is 2.19.